The summed E-state index contributed by atoms with van der Waals surface area (Å²) in [6.07, 6.45) is 2.62. The first-order valence-electron chi connectivity index (χ1n) is 7.32. The average molecular weight is 307 g/mol. The molecule has 0 bridgehead atoms. The van der Waals surface area contributed by atoms with E-state index in [-0.39, 0.29) is 11.7 Å². The largest absolute Gasteiger partial charge is 0.474 e. The summed E-state index contributed by atoms with van der Waals surface area (Å²) < 4.78 is 11.9. The second-order valence-corrected chi connectivity index (χ2v) is 7.02. The van der Waals surface area contributed by atoms with Crippen LogP contribution >= 0.6 is 11.3 Å². The van der Waals surface area contributed by atoms with Gasteiger partial charge >= 0.3 is 0 Å². The van der Waals surface area contributed by atoms with Crippen LogP contribution in [0.2, 0.25) is 0 Å². The highest BCUT2D eigenvalue weighted by atomic mass is 32.1. The summed E-state index contributed by atoms with van der Waals surface area (Å²) in [5.41, 5.74) is -0.148. The summed E-state index contributed by atoms with van der Waals surface area (Å²) >= 11 is 1.70. The van der Waals surface area contributed by atoms with Crippen molar-refractivity contribution in [1.29, 1.82) is 0 Å². The molecule has 0 radical (unpaired) electrons. The number of aryl methyl sites for hydroxylation is 1. The van der Waals surface area contributed by atoms with E-state index in [2.05, 4.69) is 42.1 Å². The Balaban J connectivity index is 1.71. The molecule has 0 aromatic carbocycles. The maximum absolute atomic E-state index is 6.01. The fourth-order valence-corrected chi connectivity index (χ4v) is 3.43. The highest BCUT2D eigenvalue weighted by Gasteiger charge is 2.28. The van der Waals surface area contributed by atoms with Crippen LogP contribution in [-0.2, 0) is 11.2 Å². The van der Waals surface area contributed by atoms with Crippen LogP contribution in [0.1, 0.15) is 25.6 Å². The van der Waals surface area contributed by atoms with Crippen molar-refractivity contribution in [3.8, 4) is 5.88 Å². The van der Waals surface area contributed by atoms with E-state index >= 15 is 0 Å². The van der Waals surface area contributed by atoms with Crippen LogP contribution in [0.4, 0.5) is 0 Å². The van der Waals surface area contributed by atoms with Gasteiger partial charge in [0.2, 0.25) is 5.88 Å². The van der Waals surface area contributed by atoms with Crippen molar-refractivity contribution < 1.29 is 9.47 Å². The third-order valence-electron chi connectivity index (χ3n) is 3.51. The van der Waals surface area contributed by atoms with Crippen molar-refractivity contribution in [1.82, 2.24) is 15.3 Å². The lowest BCUT2D eigenvalue weighted by atomic mass is 10.1. The molecule has 1 aliphatic rings. The monoisotopic (exact) mass is 307 g/mol. The molecule has 3 rings (SSSR count). The SMILES string of the molecule is CCc1cc2c(OCC3CNCC(C)(C)O3)ncnc2s1. The Morgan fingerprint density at radius 3 is 3.10 bits per heavy atom. The van der Waals surface area contributed by atoms with Gasteiger partial charge < -0.3 is 14.8 Å². The Labute approximate surface area is 128 Å². The molecule has 1 fully saturated rings. The van der Waals surface area contributed by atoms with E-state index in [9.17, 15) is 0 Å². The second-order valence-electron chi connectivity index (χ2n) is 5.91. The van der Waals surface area contributed by atoms with Crippen molar-refractivity contribution >= 4 is 21.6 Å². The maximum atomic E-state index is 6.01. The zero-order valence-corrected chi connectivity index (χ0v) is 13.5. The summed E-state index contributed by atoms with van der Waals surface area (Å²) in [6, 6.07) is 2.12. The standard InChI is InChI=1S/C15H21N3O2S/c1-4-11-5-12-13(17-9-18-14(12)21-11)19-7-10-6-16-8-15(2,3)20-10/h5,9-10,16H,4,6-8H2,1-3H3. The van der Waals surface area contributed by atoms with Gasteiger partial charge in [-0.1, -0.05) is 6.92 Å². The van der Waals surface area contributed by atoms with Crippen molar-refractivity contribution in [2.45, 2.75) is 38.9 Å². The number of nitrogens with zero attached hydrogens (tertiary/aromatic N) is 2. The Morgan fingerprint density at radius 2 is 2.33 bits per heavy atom. The van der Waals surface area contributed by atoms with Gasteiger partial charge in [0.15, 0.2) is 0 Å². The minimum atomic E-state index is -0.148. The van der Waals surface area contributed by atoms with E-state index in [1.165, 1.54) is 4.88 Å². The molecule has 1 unspecified atom stereocenters. The third-order valence-corrected chi connectivity index (χ3v) is 4.69. The third kappa shape index (κ3) is 3.33. The molecule has 114 valence electrons. The zero-order valence-electron chi connectivity index (χ0n) is 12.7. The Morgan fingerprint density at radius 1 is 1.48 bits per heavy atom. The summed E-state index contributed by atoms with van der Waals surface area (Å²) in [5, 5.41) is 4.38. The lowest BCUT2D eigenvalue weighted by Crippen LogP contribution is -2.52. The van der Waals surface area contributed by atoms with Crippen LogP contribution in [0.15, 0.2) is 12.4 Å². The predicted molar refractivity (Wildman–Crippen MR) is 84.1 cm³/mol. The van der Waals surface area contributed by atoms with Gasteiger partial charge in [-0.15, -0.1) is 11.3 Å². The Kier molecular flexibility index (Phi) is 4.10. The number of nitrogens with one attached hydrogen (secondary N) is 1. The number of hydrogen-bond donors (Lipinski definition) is 1. The van der Waals surface area contributed by atoms with Crippen molar-refractivity contribution in [2.75, 3.05) is 19.7 Å². The van der Waals surface area contributed by atoms with E-state index in [0.29, 0.717) is 12.5 Å². The minimum absolute atomic E-state index is 0.0445. The van der Waals surface area contributed by atoms with E-state index in [0.717, 1.165) is 29.7 Å². The molecule has 2 aromatic rings. The Bertz CT molecular complexity index is 626. The van der Waals surface area contributed by atoms with Gasteiger partial charge in [-0.2, -0.15) is 0 Å². The normalized spacial score (nSPS) is 21.6. The highest BCUT2D eigenvalue weighted by Crippen LogP contribution is 2.30. The van der Waals surface area contributed by atoms with Crippen LogP contribution < -0.4 is 10.1 Å². The van der Waals surface area contributed by atoms with Gasteiger partial charge in [0.25, 0.3) is 0 Å². The molecule has 1 N–H and O–H groups in total. The summed E-state index contributed by atoms with van der Waals surface area (Å²) in [4.78, 5) is 10.9. The minimum Gasteiger partial charge on any atom is -0.474 e. The molecule has 21 heavy (non-hydrogen) atoms. The molecule has 0 saturated carbocycles. The Hall–Kier alpha value is -1.24. The number of morpholine rings is 1. The average Bonchev–Trinajstić information content (AvgIpc) is 2.87. The first kappa shape index (κ1) is 14.7. The second kappa shape index (κ2) is 5.87. The maximum Gasteiger partial charge on any atom is 0.225 e. The zero-order chi connectivity index (χ0) is 14.9. The molecular weight excluding hydrogens is 286 g/mol. The van der Waals surface area contributed by atoms with Gasteiger partial charge in [-0.25, -0.2) is 9.97 Å². The van der Waals surface area contributed by atoms with E-state index in [1.807, 2.05) is 0 Å². The number of fused-ring (bicyclic) bond motifs is 1. The first-order valence-corrected chi connectivity index (χ1v) is 8.14. The molecular formula is C15H21N3O2S. The lowest BCUT2D eigenvalue weighted by molar-refractivity contribution is -0.107. The summed E-state index contributed by atoms with van der Waals surface area (Å²) in [7, 11) is 0. The number of ether oxygens (including phenoxy) is 2. The number of hydrogen-bond acceptors (Lipinski definition) is 6. The van der Waals surface area contributed by atoms with Crippen molar-refractivity contribution in [2.24, 2.45) is 0 Å². The van der Waals surface area contributed by atoms with Gasteiger partial charge in [0, 0.05) is 18.0 Å². The molecule has 0 spiro atoms. The highest BCUT2D eigenvalue weighted by molar-refractivity contribution is 7.18. The van der Waals surface area contributed by atoms with E-state index < -0.39 is 0 Å². The molecule has 1 atom stereocenters. The van der Waals surface area contributed by atoms with E-state index in [4.69, 9.17) is 9.47 Å². The van der Waals surface area contributed by atoms with Crippen LogP contribution in [0.25, 0.3) is 10.2 Å². The molecule has 5 nitrogen and oxygen atoms in total. The fourth-order valence-electron chi connectivity index (χ4n) is 2.51. The topological polar surface area (TPSA) is 56.3 Å². The molecule has 1 saturated heterocycles. The fraction of sp³-hybridized carbons (Fsp3) is 0.600. The number of rotatable bonds is 4. The number of thiophene rings is 1. The molecule has 1 aliphatic heterocycles. The van der Waals surface area contributed by atoms with E-state index in [1.54, 1.807) is 17.7 Å². The van der Waals surface area contributed by atoms with Crippen LogP contribution in [0, 0.1) is 0 Å². The molecule has 0 amide bonds. The molecule has 0 aliphatic carbocycles. The number of aromatic nitrogens is 2. The van der Waals surface area contributed by atoms with Crippen LogP contribution in [0.3, 0.4) is 0 Å². The molecule has 3 heterocycles. The van der Waals surface area contributed by atoms with Gasteiger partial charge in [0.1, 0.15) is 23.9 Å². The van der Waals surface area contributed by atoms with Crippen LogP contribution in [-0.4, -0.2) is 41.4 Å². The van der Waals surface area contributed by atoms with Gasteiger partial charge in [-0.05, 0) is 26.3 Å². The summed E-state index contributed by atoms with van der Waals surface area (Å²) in [5.74, 6) is 0.655. The van der Waals surface area contributed by atoms with Crippen molar-refractivity contribution in [3.63, 3.8) is 0 Å². The van der Waals surface area contributed by atoms with Crippen LogP contribution in [0.5, 0.6) is 5.88 Å². The van der Waals surface area contributed by atoms with Gasteiger partial charge in [0.05, 0.1) is 11.0 Å². The van der Waals surface area contributed by atoms with Crippen molar-refractivity contribution in [3.05, 3.63) is 17.3 Å². The quantitative estimate of drug-likeness (QED) is 0.940. The lowest BCUT2D eigenvalue weighted by Gasteiger charge is -2.36. The predicted octanol–water partition coefficient (Wildman–Crippen LogP) is 2.40. The first-order chi connectivity index (χ1) is 10.1. The smallest absolute Gasteiger partial charge is 0.225 e. The molecule has 2 aromatic heterocycles. The summed E-state index contributed by atoms with van der Waals surface area (Å²) in [6.45, 7) is 8.48. The molecule has 6 heteroatoms. The van der Waals surface area contributed by atoms with Gasteiger partial charge in [-0.3, -0.25) is 0 Å².